The van der Waals surface area contributed by atoms with Gasteiger partial charge in [-0.15, -0.1) is 0 Å². The molecule has 0 spiro atoms. The number of rotatable bonds is 9. The van der Waals surface area contributed by atoms with E-state index in [0.29, 0.717) is 11.8 Å². The summed E-state index contributed by atoms with van der Waals surface area (Å²) in [5.74, 6) is -1.47. The molecule has 8 nitrogen and oxygen atoms in total. The highest BCUT2D eigenvalue weighted by Gasteiger charge is 2.37. The Bertz CT molecular complexity index is 476. The second-order valence-electron chi connectivity index (χ2n) is 6.91. The average Bonchev–Trinajstić information content (AvgIpc) is 2.48. The summed E-state index contributed by atoms with van der Waals surface area (Å²) in [6.45, 7) is 0.00994. The van der Waals surface area contributed by atoms with Crippen LogP contribution in [-0.4, -0.2) is 49.8 Å². The molecular formula is C17H28N2O6. The maximum absolute atomic E-state index is 11.9. The van der Waals surface area contributed by atoms with Crippen molar-refractivity contribution < 1.29 is 28.6 Å². The van der Waals surface area contributed by atoms with Crippen LogP contribution < -0.4 is 11.5 Å². The summed E-state index contributed by atoms with van der Waals surface area (Å²) in [6.07, 6.45) is 6.83. The molecule has 0 bridgehead atoms. The number of carbonyl (C=O) groups is 3. The van der Waals surface area contributed by atoms with Gasteiger partial charge >= 0.3 is 17.9 Å². The maximum Gasteiger partial charge on any atom is 0.333 e. The van der Waals surface area contributed by atoms with E-state index in [4.69, 9.17) is 16.2 Å². The van der Waals surface area contributed by atoms with Crippen LogP contribution in [0.15, 0.2) is 0 Å². The maximum atomic E-state index is 11.9. The fourth-order valence-electron chi connectivity index (χ4n) is 3.07. The molecule has 0 amide bonds. The Kier molecular flexibility index (Phi) is 7.34. The van der Waals surface area contributed by atoms with Gasteiger partial charge in [0.2, 0.25) is 0 Å². The zero-order valence-corrected chi connectivity index (χ0v) is 14.6. The lowest BCUT2D eigenvalue weighted by atomic mass is 9.70. The van der Waals surface area contributed by atoms with Crippen molar-refractivity contribution in [3.8, 4) is 0 Å². The Balaban J connectivity index is 1.75. The predicted octanol–water partition coefficient (Wildman–Crippen LogP) is 0.259. The fourth-order valence-corrected chi connectivity index (χ4v) is 3.07. The summed E-state index contributed by atoms with van der Waals surface area (Å²) in [6, 6.07) is -2.32. The van der Waals surface area contributed by atoms with Gasteiger partial charge in [-0.25, -0.2) is 9.59 Å². The molecule has 25 heavy (non-hydrogen) atoms. The molecule has 2 atom stereocenters. The summed E-state index contributed by atoms with van der Waals surface area (Å²) in [7, 11) is 1.18. The van der Waals surface area contributed by atoms with Gasteiger partial charge in [-0.1, -0.05) is 12.8 Å². The summed E-state index contributed by atoms with van der Waals surface area (Å²) in [4.78, 5) is 34.7. The van der Waals surface area contributed by atoms with E-state index in [1.54, 1.807) is 0 Å². The van der Waals surface area contributed by atoms with Crippen molar-refractivity contribution in [1.82, 2.24) is 0 Å². The van der Waals surface area contributed by atoms with Crippen molar-refractivity contribution in [1.29, 1.82) is 0 Å². The van der Waals surface area contributed by atoms with Crippen LogP contribution in [0.3, 0.4) is 0 Å². The normalized spacial score (nSPS) is 20.3. The topological polar surface area (TPSA) is 131 Å². The first-order chi connectivity index (χ1) is 11.9. The van der Waals surface area contributed by atoms with Gasteiger partial charge in [0, 0.05) is 0 Å². The van der Waals surface area contributed by atoms with Gasteiger partial charge in [-0.2, -0.15) is 0 Å². The van der Waals surface area contributed by atoms with Gasteiger partial charge in [0.05, 0.1) is 26.2 Å². The lowest BCUT2D eigenvalue weighted by Gasteiger charge is -2.42. The summed E-state index contributed by atoms with van der Waals surface area (Å²) in [5, 5.41) is 0. The van der Waals surface area contributed by atoms with Crippen LogP contribution in [0.5, 0.6) is 0 Å². The van der Waals surface area contributed by atoms with Gasteiger partial charge < -0.3 is 25.7 Å². The van der Waals surface area contributed by atoms with E-state index >= 15 is 0 Å². The summed E-state index contributed by atoms with van der Waals surface area (Å²) < 4.78 is 15.0. The van der Waals surface area contributed by atoms with Crippen LogP contribution in [0.1, 0.15) is 44.9 Å². The van der Waals surface area contributed by atoms with Gasteiger partial charge in [0.15, 0.2) is 0 Å². The van der Waals surface area contributed by atoms with E-state index in [9.17, 15) is 14.4 Å². The molecule has 2 rings (SSSR count). The van der Waals surface area contributed by atoms with Gasteiger partial charge in [0.25, 0.3) is 0 Å². The van der Waals surface area contributed by atoms with Crippen LogP contribution in [0.25, 0.3) is 0 Å². The average molecular weight is 356 g/mol. The molecule has 0 aromatic carbocycles. The molecule has 2 aliphatic carbocycles. The van der Waals surface area contributed by atoms with E-state index in [0.717, 1.165) is 25.7 Å². The number of esters is 3. The van der Waals surface area contributed by atoms with E-state index in [2.05, 4.69) is 9.47 Å². The van der Waals surface area contributed by atoms with E-state index in [1.807, 2.05) is 0 Å². The molecule has 2 aliphatic rings. The Morgan fingerprint density at radius 3 is 1.92 bits per heavy atom. The highest BCUT2D eigenvalue weighted by Crippen LogP contribution is 2.41. The first-order valence-corrected chi connectivity index (χ1v) is 8.87. The van der Waals surface area contributed by atoms with Crippen LogP contribution in [0.4, 0.5) is 0 Å². The number of methoxy groups -OCH3 is 1. The van der Waals surface area contributed by atoms with Crippen molar-refractivity contribution in [2.45, 2.75) is 63.1 Å². The van der Waals surface area contributed by atoms with Gasteiger partial charge in [0.1, 0.15) is 12.1 Å². The van der Waals surface area contributed by atoms with Crippen molar-refractivity contribution in [2.75, 3.05) is 13.7 Å². The molecule has 0 aliphatic heterocycles. The van der Waals surface area contributed by atoms with Gasteiger partial charge in [-0.3, -0.25) is 4.79 Å². The van der Waals surface area contributed by atoms with Crippen molar-refractivity contribution in [3.05, 3.63) is 0 Å². The number of carbonyl (C=O) groups excluding carboxylic acids is 3. The number of ether oxygens (including phenoxy) is 3. The summed E-state index contributed by atoms with van der Waals surface area (Å²) in [5.41, 5.74) is 11.3. The largest absolute Gasteiger partial charge is 0.469 e. The predicted molar refractivity (Wildman–Crippen MR) is 88.1 cm³/mol. The Morgan fingerprint density at radius 2 is 1.48 bits per heavy atom. The quantitative estimate of drug-likeness (QED) is 0.444. The Labute approximate surface area is 147 Å². The number of hydrogen-bond donors (Lipinski definition) is 2. The first kappa shape index (κ1) is 19.8. The Hall–Kier alpha value is -1.51. The molecule has 2 fully saturated rings. The van der Waals surface area contributed by atoms with E-state index in [-0.39, 0.29) is 19.1 Å². The molecule has 0 saturated heterocycles. The smallest absolute Gasteiger partial charge is 0.333 e. The standard InChI is InChI=1S/C17H28N2O6/c1-23-14(20)8-12(18)16(21)25-17(22)13(19)9-24-15(10-4-2-5-10)11-6-3-7-11/h10-13,15H,2-9,18-19H2,1H3/t12-,13-/m0/s1. The summed E-state index contributed by atoms with van der Waals surface area (Å²) >= 11 is 0. The van der Waals surface area contributed by atoms with Crippen LogP contribution in [0, 0.1) is 11.8 Å². The molecule has 0 unspecified atom stereocenters. The molecule has 0 aromatic rings. The lowest BCUT2D eigenvalue weighted by Crippen LogP contribution is -2.45. The molecular weight excluding hydrogens is 328 g/mol. The van der Waals surface area contributed by atoms with Gasteiger partial charge in [-0.05, 0) is 37.5 Å². The van der Waals surface area contributed by atoms with Crippen LogP contribution in [-0.2, 0) is 28.6 Å². The van der Waals surface area contributed by atoms with Crippen LogP contribution >= 0.6 is 0 Å². The van der Waals surface area contributed by atoms with E-state index < -0.39 is 30.0 Å². The molecule has 0 heterocycles. The molecule has 0 aromatic heterocycles. The molecule has 0 radical (unpaired) electrons. The third-order valence-electron chi connectivity index (χ3n) is 5.12. The molecule has 4 N–H and O–H groups in total. The first-order valence-electron chi connectivity index (χ1n) is 8.87. The minimum Gasteiger partial charge on any atom is -0.469 e. The highest BCUT2D eigenvalue weighted by atomic mass is 16.6. The zero-order chi connectivity index (χ0) is 18.4. The van der Waals surface area contributed by atoms with Crippen molar-refractivity contribution in [2.24, 2.45) is 23.3 Å². The minimum atomic E-state index is -1.26. The minimum absolute atomic E-state index is 0.00994. The van der Waals surface area contributed by atoms with Crippen molar-refractivity contribution in [3.63, 3.8) is 0 Å². The molecule has 8 heteroatoms. The second kappa shape index (κ2) is 9.26. The highest BCUT2D eigenvalue weighted by molar-refractivity contribution is 5.92. The third-order valence-corrected chi connectivity index (χ3v) is 5.12. The molecule has 142 valence electrons. The number of hydrogen-bond acceptors (Lipinski definition) is 8. The fraction of sp³-hybridized carbons (Fsp3) is 0.824. The SMILES string of the molecule is COC(=O)C[C@H](N)C(=O)OC(=O)[C@@H](N)COC(C1CCC1)C1CCC1. The Morgan fingerprint density at radius 1 is 0.960 bits per heavy atom. The lowest BCUT2D eigenvalue weighted by molar-refractivity contribution is -0.165. The second-order valence-corrected chi connectivity index (χ2v) is 6.91. The van der Waals surface area contributed by atoms with Crippen molar-refractivity contribution >= 4 is 17.9 Å². The zero-order valence-electron chi connectivity index (χ0n) is 14.6. The number of nitrogens with two attached hydrogens (primary N) is 2. The molecule has 2 saturated carbocycles. The van der Waals surface area contributed by atoms with E-state index in [1.165, 1.54) is 20.0 Å². The third kappa shape index (κ3) is 5.49. The van der Waals surface area contributed by atoms with Crippen LogP contribution in [0.2, 0.25) is 0 Å². The monoisotopic (exact) mass is 356 g/mol.